The third-order valence-corrected chi connectivity index (χ3v) is 14.0. The van der Waals surface area contributed by atoms with Crippen molar-refractivity contribution < 1.29 is 117 Å². The molecule has 2 rings (SSSR count). The van der Waals surface area contributed by atoms with Gasteiger partial charge in [-0.2, -0.15) is 0 Å². The maximum Gasteiger partial charge on any atom is 0.245 e. The SMILES string of the molecule is COCC(CO)CCCCNC(=O)C[C@H](CCCCNC(=O)COCCOCCNC(=O)CCCCO[C@@H]1OC(CO)[C@H](O)[C@H](O)C1NC(C)=O)NC(=O)CCCNC(=O)COCCOCCNC(=O)CCCCO[C@@H]1OC(CO)[C@H](O)[C@H](O)C1NC(C)=O. The molecule has 32 heteroatoms. The van der Waals surface area contributed by atoms with E-state index in [0.717, 1.165) is 12.8 Å². The Balaban J connectivity index is 1.57. The van der Waals surface area contributed by atoms with Crippen LogP contribution in [0.1, 0.15) is 110 Å². The summed E-state index contributed by atoms with van der Waals surface area (Å²) in [7, 11) is 1.58. The minimum absolute atomic E-state index is 0.0149. The summed E-state index contributed by atoms with van der Waals surface area (Å²) in [5.41, 5.74) is 0. The molecule has 0 bridgehead atoms. The highest BCUT2D eigenvalue weighted by molar-refractivity contribution is 5.80. The lowest BCUT2D eigenvalue weighted by Gasteiger charge is -2.42. The van der Waals surface area contributed by atoms with Crippen LogP contribution in [-0.2, 0) is 81.0 Å². The zero-order valence-electron chi connectivity index (χ0n) is 52.0. The van der Waals surface area contributed by atoms with Crippen molar-refractivity contribution in [3.63, 3.8) is 0 Å². The Morgan fingerprint density at radius 2 is 0.876 bits per heavy atom. The fourth-order valence-electron chi connectivity index (χ4n) is 9.26. The van der Waals surface area contributed by atoms with Crippen molar-refractivity contribution in [1.29, 1.82) is 0 Å². The number of ether oxygens (including phenoxy) is 9. The Kier molecular flexibility index (Phi) is 44.9. The van der Waals surface area contributed by atoms with Crippen LogP contribution in [0.25, 0.3) is 0 Å². The van der Waals surface area contributed by atoms with Gasteiger partial charge in [0.15, 0.2) is 12.6 Å². The summed E-state index contributed by atoms with van der Waals surface area (Å²) in [6, 6.07) is -2.58. The summed E-state index contributed by atoms with van der Waals surface area (Å²) < 4.78 is 49.2. The molecule has 0 aromatic heterocycles. The number of methoxy groups -OCH3 is 1. The third kappa shape index (κ3) is 37.3. The number of carbonyl (C=O) groups excluding carboxylic acids is 8. The van der Waals surface area contributed by atoms with E-state index in [-0.39, 0.29) is 159 Å². The molecule has 15 N–H and O–H groups in total. The van der Waals surface area contributed by atoms with Gasteiger partial charge in [-0.1, -0.05) is 6.42 Å². The van der Waals surface area contributed by atoms with Gasteiger partial charge >= 0.3 is 0 Å². The van der Waals surface area contributed by atoms with Gasteiger partial charge in [-0.05, 0) is 64.2 Å². The molecule has 5 unspecified atom stereocenters. The molecule has 2 heterocycles. The molecule has 89 heavy (non-hydrogen) atoms. The summed E-state index contributed by atoms with van der Waals surface area (Å²) in [5.74, 6) is -2.56. The topological polar surface area (TPSA) is 457 Å². The first kappa shape index (κ1) is 80.2. The molecule has 12 atom stereocenters. The number of amides is 8. The van der Waals surface area contributed by atoms with Crippen LogP contribution in [0.15, 0.2) is 0 Å². The van der Waals surface area contributed by atoms with Gasteiger partial charge in [-0.25, -0.2) is 0 Å². The Labute approximate surface area is 520 Å². The minimum Gasteiger partial charge on any atom is -0.396 e. The van der Waals surface area contributed by atoms with E-state index >= 15 is 0 Å². The van der Waals surface area contributed by atoms with Crippen LogP contribution in [0.5, 0.6) is 0 Å². The van der Waals surface area contributed by atoms with E-state index in [1.165, 1.54) is 13.8 Å². The second-order valence-corrected chi connectivity index (χ2v) is 21.7. The van der Waals surface area contributed by atoms with E-state index in [4.69, 9.17) is 42.6 Å². The Bertz CT molecular complexity index is 1990. The molecule has 0 radical (unpaired) electrons. The van der Waals surface area contributed by atoms with Gasteiger partial charge in [-0.15, -0.1) is 0 Å². The van der Waals surface area contributed by atoms with E-state index in [0.29, 0.717) is 77.5 Å². The molecule has 2 aliphatic rings. The molecule has 0 aromatic rings. The lowest BCUT2D eigenvalue weighted by Crippen LogP contribution is -2.64. The van der Waals surface area contributed by atoms with Gasteiger partial charge in [0.05, 0.1) is 59.5 Å². The largest absolute Gasteiger partial charge is 0.396 e. The molecule has 0 aliphatic carbocycles. The van der Waals surface area contributed by atoms with Crippen molar-refractivity contribution in [3.8, 4) is 0 Å². The molecule has 2 fully saturated rings. The lowest BCUT2D eigenvalue weighted by atomic mass is 9.97. The summed E-state index contributed by atoms with van der Waals surface area (Å²) in [6.45, 7) is 4.16. The molecule has 32 nitrogen and oxygen atoms in total. The van der Waals surface area contributed by atoms with Crippen LogP contribution in [0.4, 0.5) is 0 Å². The zero-order valence-corrected chi connectivity index (χ0v) is 52.0. The lowest BCUT2D eigenvalue weighted by molar-refractivity contribution is -0.270. The monoisotopic (exact) mass is 1280 g/mol. The summed E-state index contributed by atoms with van der Waals surface area (Å²) in [4.78, 5) is 98.4. The van der Waals surface area contributed by atoms with E-state index in [1.54, 1.807) is 7.11 Å². The molecule has 2 saturated heterocycles. The van der Waals surface area contributed by atoms with E-state index in [9.17, 15) is 74.1 Å². The Hall–Kier alpha value is -4.88. The molecule has 2 aliphatic heterocycles. The number of nitrogens with one attached hydrogen (secondary N) is 8. The van der Waals surface area contributed by atoms with Crippen LogP contribution in [0.2, 0.25) is 0 Å². The van der Waals surface area contributed by atoms with Crippen LogP contribution >= 0.6 is 0 Å². The maximum absolute atomic E-state index is 13.0. The number of carbonyl (C=O) groups is 8. The standard InChI is InChI=1S/C57H104N8O24/c1-38(69)63-50-54(79)52(77)42(33-67)88-56(50)86-23-10-6-15-44(71)61-21-25-82-27-29-84-36-48(75)59-19-9-5-14-41(31-47(74)58-18-8-4-13-40(32-66)35-81-3)65-46(73)17-12-20-60-49(76)37-85-30-28-83-26-22-62-45(72)16-7-11-24-87-57-51(64-39(2)70)55(80)53(78)43(34-68)89-57/h40-43,50-57,66-68,77-80H,4-37H2,1-3H3,(H,58,74)(H,59,75)(H,60,76)(H,61,71)(H,62,72)(H,63,69)(H,64,70)(H,65,73)/t40?,41-,42?,43?,50?,51?,52-,53-,54+,55+,56+,57+/m0/s1. The molecule has 0 aromatic carbocycles. The highest BCUT2D eigenvalue weighted by atomic mass is 16.7. The smallest absolute Gasteiger partial charge is 0.245 e. The van der Waals surface area contributed by atoms with Crippen LogP contribution in [0.3, 0.4) is 0 Å². The quantitative estimate of drug-likeness (QED) is 0.0254. The van der Waals surface area contributed by atoms with Crippen molar-refractivity contribution in [2.75, 3.05) is 132 Å². The minimum atomic E-state index is -1.42. The van der Waals surface area contributed by atoms with Gasteiger partial charge in [0, 0.05) is 111 Å². The Morgan fingerprint density at radius 3 is 1.33 bits per heavy atom. The van der Waals surface area contributed by atoms with Crippen molar-refractivity contribution in [2.24, 2.45) is 5.92 Å². The Morgan fingerprint density at radius 1 is 0.449 bits per heavy atom. The number of aliphatic hydroxyl groups is 7. The summed E-state index contributed by atoms with van der Waals surface area (Å²) in [5, 5.41) is 91.2. The first-order valence-corrected chi connectivity index (χ1v) is 30.9. The van der Waals surface area contributed by atoms with Crippen LogP contribution in [0, 0.1) is 5.92 Å². The van der Waals surface area contributed by atoms with Crippen molar-refractivity contribution in [3.05, 3.63) is 0 Å². The van der Waals surface area contributed by atoms with Crippen LogP contribution in [-0.4, -0.2) is 283 Å². The number of unbranched alkanes of at least 4 members (excludes halogenated alkanes) is 4. The summed E-state index contributed by atoms with van der Waals surface area (Å²) >= 11 is 0. The number of hydrogen-bond acceptors (Lipinski definition) is 24. The third-order valence-electron chi connectivity index (χ3n) is 14.0. The highest BCUT2D eigenvalue weighted by Crippen LogP contribution is 2.24. The molecule has 0 saturated carbocycles. The second kappa shape index (κ2) is 49.8. The van der Waals surface area contributed by atoms with Crippen molar-refractivity contribution in [2.45, 2.75) is 177 Å². The molecule has 516 valence electrons. The highest BCUT2D eigenvalue weighted by Gasteiger charge is 2.46. The van der Waals surface area contributed by atoms with Gasteiger partial charge in [0.1, 0.15) is 61.9 Å². The zero-order chi connectivity index (χ0) is 65.6. The normalized spacial score (nSPS) is 22.3. The molecule has 8 amide bonds. The summed E-state index contributed by atoms with van der Waals surface area (Å²) in [6.07, 6.45) is -3.56. The number of hydrogen-bond donors (Lipinski definition) is 15. The number of aliphatic hydroxyl groups excluding tert-OH is 7. The van der Waals surface area contributed by atoms with Gasteiger partial charge in [0.2, 0.25) is 47.3 Å². The fraction of sp³-hybridized carbons (Fsp3) is 0.860. The second-order valence-electron chi connectivity index (χ2n) is 21.7. The van der Waals surface area contributed by atoms with E-state index in [2.05, 4.69) is 42.5 Å². The van der Waals surface area contributed by atoms with Gasteiger partial charge < -0.3 is 121 Å². The average Bonchev–Trinajstić information content (AvgIpc) is 1.51. The molecular formula is C57H104N8O24. The predicted octanol–water partition coefficient (Wildman–Crippen LogP) is -4.85. The van der Waals surface area contributed by atoms with Crippen molar-refractivity contribution in [1.82, 2.24) is 42.5 Å². The first-order valence-electron chi connectivity index (χ1n) is 30.9. The molecule has 0 spiro atoms. The fourth-order valence-corrected chi connectivity index (χ4v) is 9.26. The first-order chi connectivity index (χ1) is 42.8. The van der Waals surface area contributed by atoms with Gasteiger partial charge in [0.25, 0.3) is 0 Å². The molecular weight excluding hydrogens is 1180 g/mol. The maximum atomic E-state index is 13.0. The predicted molar refractivity (Wildman–Crippen MR) is 315 cm³/mol. The van der Waals surface area contributed by atoms with Crippen LogP contribution < -0.4 is 42.5 Å². The van der Waals surface area contributed by atoms with E-state index < -0.39 is 92.4 Å². The van der Waals surface area contributed by atoms with Gasteiger partial charge in [-0.3, -0.25) is 38.4 Å². The van der Waals surface area contributed by atoms with Crippen molar-refractivity contribution >= 4 is 47.3 Å². The average molecular weight is 1290 g/mol. The number of rotatable bonds is 52. The van der Waals surface area contributed by atoms with E-state index in [1.807, 2.05) is 0 Å².